The molecule has 1 heterocycles. The topological polar surface area (TPSA) is 54.4 Å². The fraction of sp³-hybridized carbons (Fsp3) is 0.444. The van der Waals surface area contributed by atoms with Gasteiger partial charge in [0.15, 0.2) is 0 Å². The molecule has 124 valence electrons. The smallest absolute Gasteiger partial charge is 0.264 e. The van der Waals surface area contributed by atoms with Crippen molar-refractivity contribution in [2.24, 2.45) is 0 Å². The van der Waals surface area contributed by atoms with Crippen LogP contribution in [0.1, 0.15) is 31.2 Å². The van der Waals surface area contributed by atoms with Crippen LogP contribution in [0, 0.1) is 0 Å². The Morgan fingerprint density at radius 2 is 1.83 bits per heavy atom. The number of benzene rings is 2. The summed E-state index contributed by atoms with van der Waals surface area (Å²) in [5.41, 5.74) is 2.66. The largest absolute Gasteiger partial charge is 0.293 e. The lowest BCUT2D eigenvalue weighted by atomic mass is 9.88. The molecular weight excluding hydrogens is 310 g/mol. The first-order chi connectivity index (χ1) is 10.7. The van der Waals surface area contributed by atoms with Gasteiger partial charge in [-0.1, -0.05) is 24.3 Å². The molecule has 2 unspecified atom stereocenters. The Balaban J connectivity index is 2.04. The first-order valence-corrected chi connectivity index (χ1v) is 9.64. The van der Waals surface area contributed by atoms with Crippen LogP contribution in [0.4, 0.5) is 5.69 Å². The minimum absolute atomic E-state index is 0.163. The van der Waals surface area contributed by atoms with Crippen LogP contribution in [0.2, 0.25) is 0 Å². The third-order valence-corrected chi connectivity index (χ3v) is 6.26. The molecule has 2 aromatic carbocycles. The molecule has 0 amide bonds. The Labute approximate surface area is 138 Å². The molecule has 5 heteroatoms. The van der Waals surface area contributed by atoms with Gasteiger partial charge in [0.2, 0.25) is 0 Å². The fourth-order valence-corrected chi connectivity index (χ4v) is 4.49. The van der Waals surface area contributed by atoms with Crippen molar-refractivity contribution >= 4 is 26.6 Å². The Bertz CT molecular complexity index is 842. The summed E-state index contributed by atoms with van der Waals surface area (Å²) in [6, 6.07) is 13.1. The maximum absolute atomic E-state index is 11.0. The Kier molecular flexibility index (Phi) is 3.99. The summed E-state index contributed by atoms with van der Waals surface area (Å²) in [5, 5.41) is 2.48. The van der Waals surface area contributed by atoms with Crippen molar-refractivity contribution in [1.82, 2.24) is 4.48 Å². The molecule has 0 aromatic heterocycles. The van der Waals surface area contributed by atoms with E-state index in [2.05, 4.69) is 51.4 Å². The van der Waals surface area contributed by atoms with Crippen molar-refractivity contribution in [3.63, 3.8) is 0 Å². The van der Waals surface area contributed by atoms with Crippen LogP contribution in [0.25, 0.3) is 10.8 Å². The molecule has 4 nitrogen and oxygen atoms in total. The predicted octanol–water partition coefficient (Wildman–Crippen LogP) is 3.56. The molecule has 0 radical (unpaired) electrons. The highest BCUT2D eigenvalue weighted by Gasteiger charge is 2.45. The molecule has 23 heavy (non-hydrogen) atoms. The molecule has 0 aliphatic carbocycles. The van der Waals surface area contributed by atoms with E-state index in [9.17, 15) is 8.42 Å². The lowest BCUT2D eigenvalue weighted by molar-refractivity contribution is 0.297. The predicted molar refractivity (Wildman–Crippen MR) is 95.4 cm³/mol. The summed E-state index contributed by atoms with van der Waals surface area (Å²) in [6.45, 7) is 2.23. The van der Waals surface area contributed by atoms with Crippen molar-refractivity contribution in [3.05, 3.63) is 42.0 Å². The number of rotatable bonds is 4. The van der Waals surface area contributed by atoms with Crippen LogP contribution >= 0.6 is 0 Å². The summed E-state index contributed by atoms with van der Waals surface area (Å²) in [4.78, 5) is 0. The maximum atomic E-state index is 11.0. The van der Waals surface area contributed by atoms with Gasteiger partial charge in [-0.3, -0.25) is 9.04 Å². The van der Waals surface area contributed by atoms with Gasteiger partial charge in [-0.05, 0) is 36.6 Å². The van der Waals surface area contributed by atoms with Gasteiger partial charge in [0.1, 0.15) is 5.69 Å². The average Bonchev–Trinajstić information content (AvgIpc) is 2.67. The van der Waals surface area contributed by atoms with Crippen molar-refractivity contribution in [3.8, 4) is 0 Å². The van der Waals surface area contributed by atoms with Crippen molar-refractivity contribution in [2.45, 2.75) is 31.7 Å². The molecule has 1 aliphatic heterocycles. The highest BCUT2D eigenvalue weighted by molar-refractivity contribution is 7.85. The summed E-state index contributed by atoms with van der Waals surface area (Å²) in [7, 11) is 0.532. The molecule has 0 fully saturated rings. The SMILES string of the molecule is CC1C(CCCS(=O)(=O)O)c2c(ccc3ccccc23)[N+]1(C)C. The molecule has 3 rings (SSSR count). The van der Waals surface area contributed by atoms with E-state index in [4.69, 9.17) is 4.55 Å². The van der Waals surface area contributed by atoms with Gasteiger partial charge in [0.05, 0.1) is 25.9 Å². The van der Waals surface area contributed by atoms with Crippen LogP contribution < -0.4 is 4.48 Å². The number of likely N-dealkylation sites (N-methyl/N-ethyl adjacent to an activating group) is 1. The van der Waals surface area contributed by atoms with Gasteiger partial charge in [-0.2, -0.15) is 8.42 Å². The van der Waals surface area contributed by atoms with Crippen molar-refractivity contribution < 1.29 is 13.0 Å². The third kappa shape index (κ3) is 2.89. The van der Waals surface area contributed by atoms with E-state index in [0.717, 1.165) is 10.9 Å². The zero-order chi connectivity index (χ0) is 16.8. The summed E-state index contributed by atoms with van der Waals surface area (Å²) in [5.74, 6) is 0.136. The minimum Gasteiger partial charge on any atom is -0.293 e. The molecule has 0 spiro atoms. The Morgan fingerprint density at radius 3 is 2.52 bits per heavy atom. The number of nitrogens with zero attached hydrogens (tertiary/aromatic N) is 1. The summed E-state index contributed by atoms with van der Waals surface area (Å²) >= 11 is 0. The van der Waals surface area contributed by atoms with E-state index in [0.29, 0.717) is 18.4 Å². The molecule has 2 aromatic rings. The van der Waals surface area contributed by atoms with Crippen LogP contribution in [0.3, 0.4) is 0 Å². The third-order valence-electron chi connectivity index (χ3n) is 5.46. The number of hydrogen-bond acceptors (Lipinski definition) is 2. The maximum Gasteiger partial charge on any atom is 0.264 e. The van der Waals surface area contributed by atoms with E-state index in [1.807, 2.05) is 6.07 Å². The zero-order valence-electron chi connectivity index (χ0n) is 13.9. The first kappa shape index (κ1) is 16.4. The van der Waals surface area contributed by atoms with Gasteiger partial charge >= 0.3 is 0 Å². The van der Waals surface area contributed by atoms with E-state index < -0.39 is 10.1 Å². The molecule has 1 aliphatic rings. The molecule has 2 atom stereocenters. The monoisotopic (exact) mass is 334 g/mol. The Hall–Kier alpha value is -1.43. The standard InChI is InChI=1S/C18H23NO3S/c1-13-15(9-6-12-23(20,21)22)18-16-8-5-4-7-14(16)10-11-17(18)19(13,2)3/h4-5,7-8,10-11,13,15H,6,9,12H2,1-3H3/p+1. The lowest BCUT2D eigenvalue weighted by Crippen LogP contribution is -2.46. The van der Waals surface area contributed by atoms with E-state index in [1.54, 1.807) is 0 Å². The lowest BCUT2D eigenvalue weighted by Gasteiger charge is -2.31. The van der Waals surface area contributed by atoms with Crippen LogP contribution in [0.15, 0.2) is 36.4 Å². The fourth-order valence-electron chi connectivity index (χ4n) is 3.96. The quantitative estimate of drug-likeness (QED) is 0.687. The first-order valence-electron chi connectivity index (χ1n) is 8.03. The Morgan fingerprint density at radius 1 is 1.13 bits per heavy atom. The number of hydrogen-bond donors (Lipinski definition) is 1. The number of fused-ring (bicyclic) bond motifs is 3. The molecular formula is C18H24NO3S+. The second-order valence-electron chi connectivity index (χ2n) is 7.03. The van der Waals surface area contributed by atoms with Crippen LogP contribution in [-0.2, 0) is 10.1 Å². The van der Waals surface area contributed by atoms with Crippen molar-refractivity contribution in [2.75, 3.05) is 19.8 Å². The van der Waals surface area contributed by atoms with Gasteiger partial charge in [0.25, 0.3) is 10.1 Å². The molecule has 0 bridgehead atoms. The number of quaternary nitrogens is 1. The zero-order valence-corrected chi connectivity index (χ0v) is 14.7. The van der Waals surface area contributed by atoms with Gasteiger partial charge in [-0.25, -0.2) is 0 Å². The average molecular weight is 334 g/mol. The van der Waals surface area contributed by atoms with Crippen LogP contribution in [0.5, 0.6) is 0 Å². The van der Waals surface area contributed by atoms with E-state index >= 15 is 0 Å². The van der Waals surface area contributed by atoms with Gasteiger partial charge < -0.3 is 0 Å². The highest BCUT2D eigenvalue weighted by atomic mass is 32.2. The van der Waals surface area contributed by atoms with E-state index in [1.165, 1.54) is 22.0 Å². The summed E-state index contributed by atoms with van der Waals surface area (Å²) in [6.07, 6.45) is 1.25. The molecule has 0 saturated heterocycles. The normalized spacial score (nSPS) is 23.1. The molecule has 1 N–H and O–H groups in total. The van der Waals surface area contributed by atoms with Gasteiger partial charge in [0, 0.05) is 17.5 Å². The van der Waals surface area contributed by atoms with Gasteiger partial charge in [-0.15, -0.1) is 0 Å². The minimum atomic E-state index is -3.89. The van der Waals surface area contributed by atoms with Crippen LogP contribution in [-0.4, -0.2) is 38.9 Å². The molecule has 0 saturated carbocycles. The second kappa shape index (κ2) is 5.58. The van der Waals surface area contributed by atoms with E-state index in [-0.39, 0.29) is 5.75 Å². The highest BCUT2D eigenvalue weighted by Crippen LogP contribution is 2.49. The second-order valence-corrected chi connectivity index (χ2v) is 8.61. The van der Waals surface area contributed by atoms with Crippen molar-refractivity contribution in [1.29, 1.82) is 0 Å². The summed E-state index contributed by atoms with van der Waals surface area (Å²) < 4.78 is 31.8.